The van der Waals surface area contributed by atoms with Crippen LogP contribution in [0.3, 0.4) is 0 Å². The number of carboxylic acids is 1. The molecule has 1 aliphatic carbocycles. The lowest BCUT2D eigenvalue weighted by Gasteiger charge is -2.31. The summed E-state index contributed by atoms with van der Waals surface area (Å²) in [6.45, 7) is 3.83. The number of hydrogen-bond donors (Lipinski definition) is 2. The van der Waals surface area contributed by atoms with E-state index in [0.717, 1.165) is 37.8 Å². The van der Waals surface area contributed by atoms with Gasteiger partial charge in [0, 0.05) is 11.8 Å². The second-order valence-corrected chi connectivity index (χ2v) is 5.60. The van der Waals surface area contributed by atoms with Crippen molar-refractivity contribution in [3.05, 3.63) is 34.0 Å². The fourth-order valence-corrected chi connectivity index (χ4v) is 2.50. The molecule has 0 aliphatic heterocycles. The van der Waals surface area contributed by atoms with Crippen LogP contribution in [0.2, 0.25) is 0 Å². The molecule has 0 saturated carbocycles. The number of ether oxygens (including phenoxy) is 1. The third-order valence-electron chi connectivity index (χ3n) is 3.72. The topological polar surface area (TPSA) is 116 Å². The van der Waals surface area contributed by atoms with Crippen LogP contribution < -0.4 is 5.73 Å². The Hall–Kier alpha value is -1.89. The van der Waals surface area contributed by atoms with E-state index < -0.39 is 28.6 Å². The Morgan fingerprint density at radius 3 is 2.77 bits per heavy atom. The molecule has 124 valence electrons. The summed E-state index contributed by atoms with van der Waals surface area (Å²) in [6.07, 6.45) is 7.98. The molecule has 1 aliphatic rings. The summed E-state index contributed by atoms with van der Waals surface area (Å²) in [5.41, 5.74) is 3.65. The lowest BCUT2D eigenvalue weighted by atomic mass is 9.90. The molecular formula is C15H24N2O5. The van der Waals surface area contributed by atoms with E-state index in [1.165, 1.54) is 6.08 Å². The highest BCUT2D eigenvalue weighted by Crippen LogP contribution is 2.33. The van der Waals surface area contributed by atoms with Crippen LogP contribution in [0.15, 0.2) is 23.9 Å². The molecule has 0 spiro atoms. The second-order valence-electron chi connectivity index (χ2n) is 5.60. The summed E-state index contributed by atoms with van der Waals surface area (Å²) >= 11 is 0. The van der Waals surface area contributed by atoms with Gasteiger partial charge in [0.05, 0.1) is 11.0 Å². The van der Waals surface area contributed by atoms with Crippen LogP contribution >= 0.6 is 0 Å². The van der Waals surface area contributed by atoms with Crippen molar-refractivity contribution in [3.8, 4) is 0 Å². The first-order valence-corrected chi connectivity index (χ1v) is 7.55. The molecule has 0 aromatic carbocycles. The van der Waals surface area contributed by atoms with Gasteiger partial charge in [0.15, 0.2) is 5.92 Å². The number of nitrogens with two attached hydrogens (primary N) is 1. The Morgan fingerprint density at radius 1 is 1.55 bits per heavy atom. The van der Waals surface area contributed by atoms with Gasteiger partial charge in [-0.05, 0) is 25.5 Å². The second kappa shape index (κ2) is 7.93. The van der Waals surface area contributed by atoms with E-state index in [4.69, 9.17) is 10.5 Å². The van der Waals surface area contributed by atoms with Gasteiger partial charge in [-0.3, -0.25) is 14.9 Å². The van der Waals surface area contributed by atoms with Crippen LogP contribution in [-0.4, -0.2) is 27.8 Å². The van der Waals surface area contributed by atoms with Crippen LogP contribution in [0.5, 0.6) is 0 Å². The number of nitro groups is 1. The number of hydrogen-bond acceptors (Lipinski definition) is 5. The van der Waals surface area contributed by atoms with Gasteiger partial charge in [0.1, 0.15) is 0 Å². The molecule has 7 nitrogen and oxygen atoms in total. The molecular weight excluding hydrogens is 288 g/mol. The van der Waals surface area contributed by atoms with E-state index in [1.54, 1.807) is 6.92 Å². The molecule has 22 heavy (non-hydrogen) atoms. The quantitative estimate of drug-likeness (QED) is 0.292. The molecule has 0 heterocycles. The first kappa shape index (κ1) is 18.2. The van der Waals surface area contributed by atoms with E-state index >= 15 is 0 Å². The summed E-state index contributed by atoms with van der Waals surface area (Å²) in [6, 6.07) is 0. The molecule has 0 fully saturated rings. The van der Waals surface area contributed by atoms with Crippen LogP contribution in [-0.2, 0) is 9.53 Å². The van der Waals surface area contributed by atoms with Crippen molar-refractivity contribution in [1.29, 1.82) is 0 Å². The van der Waals surface area contributed by atoms with Crippen LogP contribution in [0.4, 0.5) is 0 Å². The third kappa shape index (κ3) is 4.30. The van der Waals surface area contributed by atoms with Gasteiger partial charge >= 0.3 is 11.7 Å². The van der Waals surface area contributed by atoms with Gasteiger partial charge in [-0.1, -0.05) is 32.6 Å². The Labute approximate surface area is 130 Å². The van der Waals surface area contributed by atoms with Gasteiger partial charge in [0.2, 0.25) is 0 Å². The van der Waals surface area contributed by atoms with Gasteiger partial charge in [-0.15, -0.1) is 0 Å². The monoisotopic (exact) mass is 312 g/mol. The van der Waals surface area contributed by atoms with E-state index in [9.17, 15) is 20.0 Å². The maximum Gasteiger partial charge on any atom is 0.362 e. The SMILES string of the molecule is CCCCCC[C@@H](C)OC1([N+](=O)[O-])C=CC(N)=CC1C(=O)O. The predicted molar refractivity (Wildman–Crippen MR) is 81.6 cm³/mol. The Balaban J connectivity index is 2.85. The molecule has 2 unspecified atom stereocenters. The lowest BCUT2D eigenvalue weighted by molar-refractivity contribution is -0.623. The van der Waals surface area contributed by atoms with Crippen molar-refractivity contribution in [2.24, 2.45) is 11.7 Å². The van der Waals surface area contributed by atoms with Crippen LogP contribution in [0, 0.1) is 16.0 Å². The number of nitrogens with zero attached hydrogens (tertiary/aromatic N) is 1. The molecule has 0 saturated heterocycles. The van der Waals surface area contributed by atoms with Crippen molar-refractivity contribution >= 4 is 5.97 Å². The molecule has 0 aromatic heterocycles. The van der Waals surface area contributed by atoms with Crippen LogP contribution in [0.25, 0.3) is 0 Å². The number of carboxylic acid groups (broad SMARTS) is 1. The molecule has 1 rings (SSSR count). The maximum absolute atomic E-state index is 11.5. The van der Waals surface area contributed by atoms with Crippen molar-refractivity contribution in [3.63, 3.8) is 0 Å². The zero-order chi connectivity index (χ0) is 16.8. The Bertz CT molecular complexity index is 475. The minimum Gasteiger partial charge on any atom is -0.481 e. The fraction of sp³-hybridized carbons (Fsp3) is 0.667. The number of allylic oxidation sites excluding steroid dienone is 1. The molecule has 7 heteroatoms. The zero-order valence-electron chi connectivity index (χ0n) is 13.0. The number of carbonyl (C=O) groups is 1. The maximum atomic E-state index is 11.5. The summed E-state index contributed by atoms with van der Waals surface area (Å²) in [4.78, 5) is 22.2. The van der Waals surface area contributed by atoms with E-state index in [-0.39, 0.29) is 5.70 Å². The molecule has 0 radical (unpaired) electrons. The summed E-state index contributed by atoms with van der Waals surface area (Å²) in [7, 11) is 0. The smallest absolute Gasteiger partial charge is 0.362 e. The van der Waals surface area contributed by atoms with Crippen LogP contribution in [0.1, 0.15) is 46.0 Å². The first-order chi connectivity index (χ1) is 10.3. The van der Waals surface area contributed by atoms with Gasteiger partial charge in [0.25, 0.3) is 0 Å². The summed E-state index contributed by atoms with van der Waals surface area (Å²) < 4.78 is 5.58. The lowest BCUT2D eigenvalue weighted by Crippen LogP contribution is -2.52. The number of aliphatic carboxylic acids is 1. The van der Waals surface area contributed by atoms with E-state index in [1.807, 2.05) is 0 Å². The third-order valence-corrected chi connectivity index (χ3v) is 3.72. The number of rotatable bonds is 9. The van der Waals surface area contributed by atoms with E-state index in [0.29, 0.717) is 6.42 Å². The number of unbranched alkanes of at least 4 members (excludes halogenated alkanes) is 3. The Morgan fingerprint density at radius 2 is 2.23 bits per heavy atom. The van der Waals surface area contributed by atoms with E-state index in [2.05, 4.69) is 6.92 Å². The van der Waals surface area contributed by atoms with Crippen molar-refractivity contribution < 1.29 is 19.6 Å². The summed E-state index contributed by atoms with van der Waals surface area (Å²) in [5.74, 6) is -2.77. The average Bonchev–Trinajstić information content (AvgIpc) is 2.45. The van der Waals surface area contributed by atoms with Gasteiger partial charge < -0.3 is 15.6 Å². The highest BCUT2D eigenvalue weighted by atomic mass is 16.7. The van der Waals surface area contributed by atoms with Gasteiger partial charge in [-0.25, -0.2) is 0 Å². The summed E-state index contributed by atoms with van der Waals surface area (Å²) in [5, 5.41) is 20.8. The zero-order valence-corrected chi connectivity index (χ0v) is 13.0. The largest absolute Gasteiger partial charge is 0.481 e. The molecule has 3 N–H and O–H groups in total. The molecule has 0 bridgehead atoms. The molecule has 0 amide bonds. The molecule has 0 aromatic rings. The standard InChI is InChI=1S/C15H24N2O5/c1-3-4-5-6-7-11(2)22-15(17(20)21)9-8-12(16)10-13(15)14(18)19/h8-11,13H,3-7,16H2,1-2H3,(H,18,19)/t11-,13?,15?/m1/s1. The highest BCUT2D eigenvalue weighted by molar-refractivity contribution is 5.75. The van der Waals surface area contributed by atoms with Crippen molar-refractivity contribution in [2.75, 3.05) is 0 Å². The van der Waals surface area contributed by atoms with Gasteiger partial charge in [-0.2, -0.15) is 0 Å². The van der Waals surface area contributed by atoms with Crippen molar-refractivity contribution in [2.45, 2.75) is 57.8 Å². The minimum atomic E-state index is -2.10. The fourth-order valence-electron chi connectivity index (χ4n) is 2.50. The normalized spacial score (nSPS) is 25.5. The predicted octanol–water partition coefficient (Wildman–Crippen LogP) is 2.45. The Kier molecular flexibility index (Phi) is 6.55. The highest BCUT2D eigenvalue weighted by Gasteiger charge is 2.55. The van der Waals surface area contributed by atoms with Crippen molar-refractivity contribution in [1.82, 2.24) is 0 Å². The minimum absolute atomic E-state index is 0.184. The average molecular weight is 312 g/mol. The first-order valence-electron chi connectivity index (χ1n) is 7.55. The molecule has 3 atom stereocenters.